The number of halogens is 1. The van der Waals surface area contributed by atoms with Crippen molar-refractivity contribution in [3.63, 3.8) is 0 Å². The number of hydrogen-bond donors (Lipinski definition) is 1. The molecule has 1 aliphatic rings. The van der Waals surface area contributed by atoms with E-state index in [4.69, 9.17) is 11.6 Å². The smallest absolute Gasteiger partial charge is 0.257 e. The molecule has 0 bridgehead atoms. The maximum atomic E-state index is 12.3. The van der Waals surface area contributed by atoms with E-state index in [9.17, 15) is 9.90 Å². The highest BCUT2D eigenvalue weighted by Crippen LogP contribution is 2.25. The van der Waals surface area contributed by atoms with Crippen LogP contribution < -0.4 is 0 Å². The van der Waals surface area contributed by atoms with E-state index in [2.05, 4.69) is 19.0 Å². The summed E-state index contributed by atoms with van der Waals surface area (Å²) in [6, 6.07) is 5.14. The average molecular weight is 283 g/mol. The van der Waals surface area contributed by atoms with Crippen molar-refractivity contribution in [1.29, 1.82) is 0 Å². The van der Waals surface area contributed by atoms with Gasteiger partial charge in [0.25, 0.3) is 5.91 Å². The highest BCUT2D eigenvalue weighted by atomic mass is 35.5. The molecule has 0 aromatic heterocycles. The molecule has 1 fully saturated rings. The quantitative estimate of drug-likeness (QED) is 0.904. The van der Waals surface area contributed by atoms with Gasteiger partial charge in [-0.25, -0.2) is 0 Å². The molecule has 0 saturated carbocycles. The Morgan fingerprint density at radius 3 is 2.53 bits per heavy atom. The Labute approximate surface area is 118 Å². The first-order chi connectivity index (χ1) is 8.99. The summed E-state index contributed by atoms with van der Waals surface area (Å²) >= 11 is 5.77. The average Bonchev–Trinajstić information content (AvgIpc) is 2.38. The predicted molar refractivity (Wildman–Crippen MR) is 75.7 cm³/mol. The van der Waals surface area contributed by atoms with Gasteiger partial charge in [0.1, 0.15) is 5.75 Å². The first-order valence-electron chi connectivity index (χ1n) is 6.43. The van der Waals surface area contributed by atoms with Gasteiger partial charge in [0.2, 0.25) is 0 Å². The Morgan fingerprint density at radius 2 is 2.00 bits per heavy atom. The van der Waals surface area contributed by atoms with E-state index in [-0.39, 0.29) is 11.7 Å². The monoisotopic (exact) mass is 282 g/mol. The Kier molecular flexibility index (Phi) is 4.32. The highest BCUT2D eigenvalue weighted by molar-refractivity contribution is 6.30. The first-order valence-corrected chi connectivity index (χ1v) is 6.81. The number of likely N-dealkylation sites (tertiary alicyclic amines) is 1. The van der Waals surface area contributed by atoms with E-state index in [1.165, 1.54) is 6.07 Å². The van der Waals surface area contributed by atoms with E-state index in [1.807, 2.05) is 0 Å². The summed E-state index contributed by atoms with van der Waals surface area (Å²) in [5.74, 6) is -0.168. The van der Waals surface area contributed by atoms with Gasteiger partial charge in [-0.2, -0.15) is 0 Å². The zero-order valence-electron chi connectivity index (χ0n) is 11.3. The van der Waals surface area contributed by atoms with Gasteiger partial charge in [-0.1, -0.05) is 11.6 Å². The van der Waals surface area contributed by atoms with Crippen LogP contribution in [-0.2, 0) is 0 Å². The lowest BCUT2D eigenvalue weighted by molar-refractivity contribution is 0.0660. The standard InChI is InChI=1S/C14H19ClN2O2/c1-16(2)11-5-7-17(8-6-11)14(19)12-4-3-10(15)9-13(12)18/h3-4,9,11,18H,5-8H2,1-2H3. The van der Waals surface area contributed by atoms with E-state index >= 15 is 0 Å². The summed E-state index contributed by atoms with van der Waals surface area (Å²) < 4.78 is 0. The van der Waals surface area contributed by atoms with Crippen LogP contribution in [0.5, 0.6) is 5.75 Å². The second-order valence-electron chi connectivity index (χ2n) is 5.15. The number of aromatic hydroxyl groups is 1. The lowest BCUT2D eigenvalue weighted by Crippen LogP contribution is -2.44. The molecule has 0 aliphatic carbocycles. The van der Waals surface area contributed by atoms with Crippen LogP contribution in [0.1, 0.15) is 23.2 Å². The molecule has 1 amide bonds. The second-order valence-corrected chi connectivity index (χ2v) is 5.58. The fourth-order valence-corrected chi connectivity index (χ4v) is 2.61. The number of carbonyl (C=O) groups is 1. The van der Waals surface area contributed by atoms with E-state index in [0.717, 1.165) is 25.9 Å². The Bertz CT molecular complexity index is 469. The predicted octanol–water partition coefficient (Wildman–Crippen LogP) is 2.21. The molecule has 19 heavy (non-hydrogen) atoms. The number of piperidine rings is 1. The summed E-state index contributed by atoms with van der Waals surface area (Å²) in [4.78, 5) is 16.3. The van der Waals surface area contributed by atoms with Gasteiger partial charge in [-0.05, 0) is 45.1 Å². The molecule has 5 heteroatoms. The van der Waals surface area contributed by atoms with Crippen molar-refractivity contribution in [2.75, 3.05) is 27.2 Å². The number of hydrogen-bond acceptors (Lipinski definition) is 3. The lowest BCUT2D eigenvalue weighted by atomic mass is 10.0. The zero-order valence-corrected chi connectivity index (χ0v) is 12.0. The fraction of sp³-hybridized carbons (Fsp3) is 0.500. The summed E-state index contributed by atoms with van der Waals surface area (Å²) in [6.07, 6.45) is 1.93. The molecule has 0 unspecified atom stereocenters. The Hall–Kier alpha value is -1.26. The minimum absolute atomic E-state index is 0.0489. The molecule has 104 valence electrons. The van der Waals surface area contributed by atoms with Crippen LogP contribution in [0, 0.1) is 0 Å². The van der Waals surface area contributed by atoms with Gasteiger partial charge >= 0.3 is 0 Å². The SMILES string of the molecule is CN(C)C1CCN(C(=O)c2ccc(Cl)cc2O)CC1. The van der Waals surface area contributed by atoms with E-state index < -0.39 is 0 Å². The summed E-state index contributed by atoms with van der Waals surface area (Å²) in [6.45, 7) is 1.45. The first kappa shape index (κ1) is 14.2. The van der Waals surface area contributed by atoms with Crippen molar-refractivity contribution >= 4 is 17.5 Å². The summed E-state index contributed by atoms with van der Waals surface area (Å²) in [7, 11) is 4.13. The maximum Gasteiger partial charge on any atom is 0.257 e. The molecule has 1 saturated heterocycles. The Balaban J connectivity index is 2.05. The van der Waals surface area contributed by atoms with Crippen molar-refractivity contribution < 1.29 is 9.90 Å². The number of amides is 1. The van der Waals surface area contributed by atoms with Crippen LogP contribution in [0.15, 0.2) is 18.2 Å². The molecular formula is C14H19ClN2O2. The summed E-state index contributed by atoms with van der Waals surface area (Å²) in [5.41, 5.74) is 0.327. The van der Waals surface area contributed by atoms with Gasteiger partial charge in [0.15, 0.2) is 0 Å². The Morgan fingerprint density at radius 1 is 1.37 bits per heavy atom. The van der Waals surface area contributed by atoms with Crippen molar-refractivity contribution in [2.24, 2.45) is 0 Å². The van der Waals surface area contributed by atoms with E-state index in [0.29, 0.717) is 16.6 Å². The fourth-order valence-electron chi connectivity index (χ4n) is 2.44. The molecule has 0 atom stereocenters. The van der Waals surface area contributed by atoms with Crippen LogP contribution in [0.25, 0.3) is 0 Å². The van der Waals surface area contributed by atoms with Crippen LogP contribution in [0.4, 0.5) is 0 Å². The maximum absolute atomic E-state index is 12.3. The van der Waals surface area contributed by atoms with E-state index in [1.54, 1.807) is 17.0 Å². The van der Waals surface area contributed by atoms with Gasteiger partial charge in [0.05, 0.1) is 5.56 Å². The third-order valence-corrected chi connectivity index (χ3v) is 3.91. The molecule has 0 spiro atoms. The lowest BCUT2D eigenvalue weighted by Gasteiger charge is -2.35. The number of benzene rings is 1. The van der Waals surface area contributed by atoms with Gasteiger partial charge in [-0.15, -0.1) is 0 Å². The number of rotatable bonds is 2. The number of phenolic OH excluding ortho intramolecular Hbond substituents is 1. The largest absolute Gasteiger partial charge is 0.507 e. The molecule has 4 nitrogen and oxygen atoms in total. The van der Waals surface area contributed by atoms with Crippen molar-refractivity contribution in [3.05, 3.63) is 28.8 Å². The molecule has 1 N–H and O–H groups in total. The van der Waals surface area contributed by atoms with Crippen molar-refractivity contribution in [2.45, 2.75) is 18.9 Å². The molecule has 1 heterocycles. The van der Waals surface area contributed by atoms with Crippen molar-refractivity contribution in [1.82, 2.24) is 9.80 Å². The molecule has 1 aliphatic heterocycles. The molecule has 1 aromatic carbocycles. The summed E-state index contributed by atoms with van der Waals surface area (Å²) in [5, 5.41) is 10.2. The minimum atomic E-state index is -0.119. The molecular weight excluding hydrogens is 264 g/mol. The number of carbonyl (C=O) groups excluding carboxylic acids is 1. The van der Waals surface area contributed by atoms with Gasteiger partial charge < -0.3 is 14.9 Å². The van der Waals surface area contributed by atoms with Crippen LogP contribution in [0.3, 0.4) is 0 Å². The van der Waals surface area contributed by atoms with Gasteiger partial charge in [0, 0.05) is 24.2 Å². The normalized spacial score (nSPS) is 16.9. The van der Waals surface area contributed by atoms with Gasteiger partial charge in [-0.3, -0.25) is 4.79 Å². The van der Waals surface area contributed by atoms with Crippen molar-refractivity contribution in [3.8, 4) is 5.75 Å². The number of nitrogens with zero attached hydrogens (tertiary/aromatic N) is 2. The molecule has 2 rings (SSSR count). The third kappa shape index (κ3) is 3.19. The second kappa shape index (κ2) is 5.80. The zero-order chi connectivity index (χ0) is 14.0. The van der Waals surface area contributed by atoms with Crippen LogP contribution >= 0.6 is 11.6 Å². The highest BCUT2D eigenvalue weighted by Gasteiger charge is 2.25. The molecule has 1 aromatic rings. The third-order valence-electron chi connectivity index (χ3n) is 3.67. The minimum Gasteiger partial charge on any atom is -0.507 e. The molecule has 0 radical (unpaired) electrons. The number of phenols is 1. The van der Waals surface area contributed by atoms with Crippen LogP contribution in [0.2, 0.25) is 5.02 Å². The van der Waals surface area contributed by atoms with Crippen LogP contribution in [-0.4, -0.2) is 54.0 Å². The topological polar surface area (TPSA) is 43.8 Å².